The molecule has 2 nitrogen and oxygen atoms in total. The highest BCUT2D eigenvalue weighted by Crippen LogP contribution is 2.25. The number of methoxy groups -OCH3 is 1. The molecule has 1 aliphatic rings. The molecule has 0 N–H and O–H groups in total. The summed E-state index contributed by atoms with van der Waals surface area (Å²) < 4.78 is 5.28. The zero-order chi connectivity index (χ0) is 12.3. The normalized spacial score (nSPS) is 25.8. The molecule has 1 saturated heterocycles. The lowest BCUT2D eigenvalue weighted by Crippen LogP contribution is -2.42. The van der Waals surface area contributed by atoms with Crippen LogP contribution < -0.4 is 4.74 Å². The van der Waals surface area contributed by atoms with E-state index in [1.807, 2.05) is 6.07 Å². The predicted octanol–water partition coefficient (Wildman–Crippen LogP) is 3.46. The molecule has 1 aliphatic heterocycles. The first-order valence-electron chi connectivity index (χ1n) is 6.59. The molecule has 0 radical (unpaired) electrons. The Morgan fingerprint density at radius 1 is 1.24 bits per heavy atom. The van der Waals surface area contributed by atoms with Gasteiger partial charge in [-0.15, -0.1) is 0 Å². The number of likely N-dealkylation sites (tertiary alicyclic amines) is 1. The molecule has 2 atom stereocenters. The van der Waals surface area contributed by atoms with Crippen molar-refractivity contribution >= 4 is 0 Å². The fourth-order valence-corrected chi connectivity index (χ4v) is 2.77. The maximum absolute atomic E-state index is 5.28. The number of hydrogen-bond donors (Lipinski definition) is 0. The summed E-state index contributed by atoms with van der Waals surface area (Å²) in [6.45, 7) is 5.73. The van der Waals surface area contributed by atoms with Crippen LogP contribution in [0.15, 0.2) is 24.3 Å². The Hall–Kier alpha value is -1.02. The van der Waals surface area contributed by atoms with Gasteiger partial charge in [0.1, 0.15) is 5.75 Å². The second kappa shape index (κ2) is 5.54. The zero-order valence-electron chi connectivity index (χ0n) is 11.1. The van der Waals surface area contributed by atoms with Crippen LogP contribution in [-0.2, 0) is 6.54 Å². The van der Waals surface area contributed by atoms with E-state index in [-0.39, 0.29) is 0 Å². The molecule has 0 aliphatic carbocycles. The standard InChI is InChI=1S/C15H23NO/c1-12-6-4-7-13(2)16(12)11-14-8-5-9-15(10-14)17-3/h5,8-10,12-13H,4,6-7,11H2,1-3H3. The molecular weight excluding hydrogens is 210 g/mol. The Bertz CT molecular complexity index is 354. The Morgan fingerprint density at radius 3 is 2.59 bits per heavy atom. The van der Waals surface area contributed by atoms with Gasteiger partial charge in [0.15, 0.2) is 0 Å². The summed E-state index contributed by atoms with van der Waals surface area (Å²) in [4.78, 5) is 2.61. The van der Waals surface area contributed by atoms with Gasteiger partial charge in [0.05, 0.1) is 7.11 Å². The molecule has 2 rings (SSSR count). The summed E-state index contributed by atoms with van der Waals surface area (Å²) in [5.74, 6) is 0.958. The van der Waals surface area contributed by atoms with E-state index in [0.717, 1.165) is 12.3 Å². The number of rotatable bonds is 3. The van der Waals surface area contributed by atoms with Gasteiger partial charge >= 0.3 is 0 Å². The Morgan fingerprint density at radius 2 is 1.94 bits per heavy atom. The third-order valence-electron chi connectivity index (χ3n) is 3.88. The summed E-state index contributed by atoms with van der Waals surface area (Å²) in [6.07, 6.45) is 4.03. The van der Waals surface area contributed by atoms with Crippen molar-refractivity contribution in [3.63, 3.8) is 0 Å². The monoisotopic (exact) mass is 233 g/mol. The van der Waals surface area contributed by atoms with E-state index in [2.05, 4.69) is 36.9 Å². The molecule has 0 amide bonds. The van der Waals surface area contributed by atoms with E-state index in [0.29, 0.717) is 12.1 Å². The van der Waals surface area contributed by atoms with Gasteiger partial charge in [0.25, 0.3) is 0 Å². The number of benzene rings is 1. The minimum Gasteiger partial charge on any atom is -0.497 e. The van der Waals surface area contributed by atoms with Crippen molar-refractivity contribution in [1.82, 2.24) is 4.90 Å². The highest BCUT2D eigenvalue weighted by Gasteiger charge is 2.24. The van der Waals surface area contributed by atoms with E-state index < -0.39 is 0 Å². The van der Waals surface area contributed by atoms with Gasteiger partial charge in [-0.05, 0) is 44.4 Å². The van der Waals surface area contributed by atoms with Crippen molar-refractivity contribution in [2.24, 2.45) is 0 Å². The molecule has 17 heavy (non-hydrogen) atoms. The first-order chi connectivity index (χ1) is 8.20. The molecule has 94 valence electrons. The summed E-state index contributed by atoms with van der Waals surface area (Å²) in [6, 6.07) is 9.82. The summed E-state index contributed by atoms with van der Waals surface area (Å²) in [5.41, 5.74) is 1.35. The van der Waals surface area contributed by atoms with Crippen molar-refractivity contribution < 1.29 is 4.74 Å². The third kappa shape index (κ3) is 3.01. The van der Waals surface area contributed by atoms with Crippen LogP contribution in [0.2, 0.25) is 0 Å². The van der Waals surface area contributed by atoms with Crippen LogP contribution in [0.3, 0.4) is 0 Å². The third-order valence-corrected chi connectivity index (χ3v) is 3.88. The summed E-state index contributed by atoms with van der Waals surface area (Å²) in [7, 11) is 1.73. The fourth-order valence-electron chi connectivity index (χ4n) is 2.77. The maximum atomic E-state index is 5.28. The molecule has 1 aromatic rings. The van der Waals surface area contributed by atoms with Crippen molar-refractivity contribution in [3.05, 3.63) is 29.8 Å². The SMILES string of the molecule is COc1cccc(CN2C(C)CCCC2C)c1. The van der Waals surface area contributed by atoms with Gasteiger partial charge in [-0.25, -0.2) is 0 Å². The lowest BCUT2D eigenvalue weighted by Gasteiger charge is -2.39. The Balaban J connectivity index is 2.07. The highest BCUT2D eigenvalue weighted by molar-refractivity contribution is 5.28. The van der Waals surface area contributed by atoms with E-state index in [1.165, 1.54) is 24.8 Å². The van der Waals surface area contributed by atoms with Crippen molar-refractivity contribution in [2.75, 3.05) is 7.11 Å². The molecule has 0 spiro atoms. The topological polar surface area (TPSA) is 12.5 Å². The minimum absolute atomic E-state index is 0.699. The molecule has 2 heteroatoms. The quantitative estimate of drug-likeness (QED) is 0.792. The lowest BCUT2D eigenvalue weighted by atomic mass is 9.97. The smallest absolute Gasteiger partial charge is 0.119 e. The summed E-state index contributed by atoms with van der Waals surface area (Å²) >= 11 is 0. The molecule has 0 saturated carbocycles. The van der Waals surface area contributed by atoms with E-state index in [4.69, 9.17) is 4.74 Å². The van der Waals surface area contributed by atoms with Crippen molar-refractivity contribution in [2.45, 2.75) is 51.7 Å². The van der Waals surface area contributed by atoms with E-state index in [1.54, 1.807) is 7.11 Å². The zero-order valence-corrected chi connectivity index (χ0v) is 11.1. The molecular formula is C15H23NO. The first-order valence-corrected chi connectivity index (χ1v) is 6.59. The molecule has 1 aromatic carbocycles. The fraction of sp³-hybridized carbons (Fsp3) is 0.600. The number of hydrogen-bond acceptors (Lipinski definition) is 2. The molecule has 1 fully saturated rings. The average Bonchev–Trinajstić information content (AvgIpc) is 2.34. The van der Waals surface area contributed by atoms with Crippen LogP contribution in [0.1, 0.15) is 38.7 Å². The van der Waals surface area contributed by atoms with Gasteiger partial charge in [-0.2, -0.15) is 0 Å². The lowest BCUT2D eigenvalue weighted by molar-refractivity contribution is 0.0952. The van der Waals surface area contributed by atoms with Gasteiger partial charge in [0.2, 0.25) is 0 Å². The molecule has 0 bridgehead atoms. The Kier molecular flexibility index (Phi) is 4.06. The first kappa shape index (κ1) is 12.4. The van der Waals surface area contributed by atoms with Crippen molar-refractivity contribution in [3.8, 4) is 5.75 Å². The highest BCUT2D eigenvalue weighted by atomic mass is 16.5. The maximum Gasteiger partial charge on any atom is 0.119 e. The molecule has 2 unspecified atom stereocenters. The Labute approximate surface area is 105 Å². The van der Waals surface area contributed by atoms with Crippen LogP contribution in [0, 0.1) is 0 Å². The van der Waals surface area contributed by atoms with Crippen LogP contribution in [0.4, 0.5) is 0 Å². The van der Waals surface area contributed by atoms with E-state index >= 15 is 0 Å². The van der Waals surface area contributed by atoms with Gasteiger partial charge in [-0.1, -0.05) is 18.6 Å². The number of nitrogens with zero attached hydrogens (tertiary/aromatic N) is 1. The predicted molar refractivity (Wildman–Crippen MR) is 71.3 cm³/mol. The minimum atomic E-state index is 0.699. The second-order valence-corrected chi connectivity index (χ2v) is 5.15. The van der Waals surface area contributed by atoms with Crippen LogP contribution in [0.25, 0.3) is 0 Å². The average molecular weight is 233 g/mol. The van der Waals surface area contributed by atoms with Crippen LogP contribution >= 0.6 is 0 Å². The van der Waals surface area contributed by atoms with Gasteiger partial charge < -0.3 is 4.74 Å². The number of piperidine rings is 1. The van der Waals surface area contributed by atoms with Gasteiger partial charge in [0, 0.05) is 18.6 Å². The molecule has 0 aromatic heterocycles. The van der Waals surface area contributed by atoms with Crippen molar-refractivity contribution in [1.29, 1.82) is 0 Å². The van der Waals surface area contributed by atoms with Crippen LogP contribution in [-0.4, -0.2) is 24.1 Å². The molecule has 1 heterocycles. The second-order valence-electron chi connectivity index (χ2n) is 5.15. The largest absolute Gasteiger partial charge is 0.497 e. The number of ether oxygens (including phenoxy) is 1. The van der Waals surface area contributed by atoms with Gasteiger partial charge in [-0.3, -0.25) is 4.90 Å². The van der Waals surface area contributed by atoms with E-state index in [9.17, 15) is 0 Å². The van der Waals surface area contributed by atoms with Crippen LogP contribution in [0.5, 0.6) is 5.75 Å². The summed E-state index contributed by atoms with van der Waals surface area (Å²) in [5, 5.41) is 0.